The standard InChI is InChI=1S/3CH3.FH.Ga.K/h3*1H3;1H;;/q3*-1;;+3;+1/p-1. The molecule has 0 rings (SSSR count). The van der Waals surface area contributed by atoms with Crippen LogP contribution in [0.1, 0.15) is 0 Å². The fourth-order valence-corrected chi connectivity index (χ4v) is 0. The van der Waals surface area contributed by atoms with E-state index in [9.17, 15) is 0 Å². The van der Waals surface area contributed by atoms with Crippen molar-refractivity contribution in [2.75, 3.05) is 0 Å². The van der Waals surface area contributed by atoms with Gasteiger partial charge >= 0.3 is 71.2 Å². The molecular weight excluding hydrogens is 164 g/mol. The Labute approximate surface area is 96.3 Å². The zero-order valence-electron chi connectivity index (χ0n) is 4.96. The van der Waals surface area contributed by atoms with Crippen LogP contribution in [-0.2, 0) is 0 Å². The minimum absolute atomic E-state index is 0. The van der Waals surface area contributed by atoms with E-state index in [0.717, 1.165) is 0 Å². The van der Waals surface area contributed by atoms with Crippen LogP contribution in [0.15, 0.2) is 0 Å². The van der Waals surface area contributed by atoms with E-state index in [1.807, 2.05) is 0 Å². The Morgan fingerprint density at radius 2 is 0.667 bits per heavy atom. The van der Waals surface area contributed by atoms with Crippen molar-refractivity contribution in [2.45, 2.75) is 0 Å². The van der Waals surface area contributed by atoms with E-state index in [1.54, 1.807) is 0 Å². The van der Waals surface area contributed by atoms with Crippen LogP contribution in [0.2, 0.25) is 0 Å². The van der Waals surface area contributed by atoms with Crippen molar-refractivity contribution in [1.29, 1.82) is 0 Å². The van der Waals surface area contributed by atoms with E-state index in [0.29, 0.717) is 0 Å². The Morgan fingerprint density at radius 3 is 0.667 bits per heavy atom. The van der Waals surface area contributed by atoms with Gasteiger partial charge in [0, 0.05) is 0 Å². The van der Waals surface area contributed by atoms with E-state index in [1.165, 1.54) is 0 Å². The molecule has 0 aliphatic heterocycles. The molecule has 6 heavy (non-hydrogen) atoms. The Morgan fingerprint density at radius 1 is 0.667 bits per heavy atom. The predicted octanol–water partition coefficient (Wildman–Crippen LogP) is -5.02. The molecule has 0 radical (unpaired) electrons. The molecule has 0 spiro atoms. The molecule has 0 amide bonds. The maximum absolute atomic E-state index is 0. The number of rotatable bonds is 0. The summed E-state index contributed by atoms with van der Waals surface area (Å²) in [7, 11) is 0. The Kier molecular flexibility index (Phi) is 835. The third-order valence-corrected chi connectivity index (χ3v) is 0. The topological polar surface area (TPSA) is 0 Å². The van der Waals surface area contributed by atoms with Crippen molar-refractivity contribution < 1.29 is 56.1 Å². The number of halogens is 1. The summed E-state index contributed by atoms with van der Waals surface area (Å²) in [4.78, 5) is 0. The van der Waals surface area contributed by atoms with E-state index in [4.69, 9.17) is 0 Å². The third-order valence-electron chi connectivity index (χ3n) is 0. The van der Waals surface area contributed by atoms with Crippen LogP contribution in [0.5, 0.6) is 0 Å². The molecule has 0 bridgehead atoms. The largest absolute Gasteiger partial charge is 3.00 e. The summed E-state index contributed by atoms with van der Waals surface area (Å²) in [5, 5.41) is 0. The zero-order chi connectivity index (χ0) is 0. The maximum atomic E-state index is 0. The van der Waals surface area contributed by atoms with Crippen LogP contribution >= 0.6 is 0 Å². The van der Waals surface area contributed by atoms with Gasteiger partial charge in [0.25, 0.3) is 0 Å². The zero-order valence-corrected chi connectivity index (χ0v) is 10.5. The van der Waals surface area contributed by atoms with Crippen molar-refractivity contribution in [3.05, 3.63) is 22.3 Å². The molecule has 0 aromatic rings. The minimum atomic E-state index is 0. The second-order valence-corrected chi connectivity index (χ2v) is 0. The van der Waals surface area contributed by atoms with Crippen LogP contribution in [0.4, 0.5) is 0 Å². The SMILES string of the molecule is [CH3-].[CH3-].[CH3-].[F-].[Ga+3].[K+]. The van der Waals surface area contributed by atoms with Gasteiger partial charge in [0.1, 0.15) is 0 Å². The molecule has 0 aromatic heterocycles. The summed E-state index contributed by atoms with van der Waals surface area (Å²) < 4.78 is 0. The van der Waals surface area contributed by atoms with Gasteiger partial charge in [-0.25, -0.2) is 0 Å². The summed E-state index contributed by atoms with van der Waals surface area (Å²) >= 11 is 0. The van der Waals surface area contributed by atoms with Gasteiger partial charge in [-0.05, 0) is 0 Å². The molecular formula is C3H9FGaK. The fraction of sp³-hybridized carbons (Fsp3) is 0. The van der Waals surface area contributed by atoms with Crippen molar-refractivity contribution in [1.82, 2.24) is 0 Å². The summed E-state index contributed by atoms with van der Waals surface area (Å²) in [6, 6.07) is 0. The van der Waals surface area contributed by atoms with Gasteiger partial charge in [0.05, 0.1) is 0 Å². The average molecular weight is 173 g/mol. The van der Waals surface area contributed by atoms with E-state index >= 15 is 0 Å². The molecule has 0 saturated carbocycles. The first-order valence-corrected chi connectivity index (χ1v) is 0. The van der Waals surface area contributed by atoms with Crippen LogP contribution in [0.25, 0.3) is 0 Å². The van der Waals surface area contributed by atoms with E-state index < -0.39 is 0 Å². The van der Waals surface area contributed by atoms with Gasteiger partial charge in [-0.3, -0.25) is 0 Å². The smallest absolute Gasteiger partial charge is 1.00 e. The minimum Gasteiger partial charge on any atom is -1.00 e. The quantitative estimate of drug-likeness (QED) is 0.254. The first kappa shape index (κ1) is 87.7. The molecule has 0 fully saturated rings. The molecule has 0 aromatic carbocycles. The van der Waals surface area contributed by atoms with Crippen LogP contribution in [-0.4, -0.2) is 19.8 Å². The van der Waals surface area contributed by atoms with Crippen molar-refractivity contribution in [3.8, 4) is 0 Å². The predicted molar refractivity (Wildman–Crippen MR) is 25.0 cm³/mol. The van der Waals surface area contributed by atoms with Gasteiger partial charge in [0.15, 0.2) is 0 Å². The average Bonchev–Trinajstić information content (AvgIpc) is 0. The Balaban J connectivity index is 0. The van der Waals surface area contributed by atoms with E-state index in [-0.39, 0.29) is 98.2 Å². The van der Waals surface area contributed by atoms with Crippen molar-refractivity contribution in [3.63, 3.8) is 0 Å². The molecule has 0 N–H and O–H groups in total. The fourth-order valence-electron chi connectivity index (χ4n) is 0. The van der Waals surface area contributed by atoms with Crippen LogP contribution < -0.4 is 56.1 Å². The van der Waals surface area contributed by atoms with E-state index in [2.05, 4.69) is 0 Å². The summed E-state index contributed by atoms with van der Waals surface area (Å²) in [5.74, 6) is 0. The molecule has 0 saturated heterocycles. The number of hydrogen-bond acceptors (Lipinski definition) is 0. The summed E-state index contributed by atoms with van der Waals surface area (Å²) in [5.41, 5.74) is 0. The van der Waals surface area contributed by atoms with Gasteiger partial charge in [0.2, 0.25) is 0 Å². The maximum Gasteiger partial charge on any atom is 3.00 e. The monoisotopic (exact) mass is 172 g/mol. The molecule has 3 heteroatoms. The van der Waals surface area contributed by atoms with Gasteiger partial charge < -0.3 is 27.0 Å². The van der Waals surface area contributed by atoms with Crippen LogP contribution in [0.3, 0.4) is 0 Å². The molecule has 0 heterocycles. The second-order valence-electron chi connectivity index (χ2n) is 0. The molecule has 32 valence electrons. The molecule has 0 atom stereocenters. The first-order valence-electron chi connectivity index (χ1n) is 0. The molecule has 0 aliphatic rings. The second kappa shape index (κ2) is 57.1. The summed E-state index contributed by atoms with van der Waals surface area (Å²) in [6.45, 7) is 0. The van der Waals surface area contributed by atoms with Gasteiger partial charge in [-0.2, -0.15) is 0 Å². The Bertz CT molecular complexity index is 10.8. The first-order chi connectivity index (χ1) is 0. The van der Waals surface area contributed by atoms with Crippen molar-refractivity contribution >= 4 is 19.8 Å². The van der Waals surface area contributed by atoms with Crippen LogP contribution in [0, 0.1) is 22.3 Å². The normalized spacial score (nSPS) is 0. The molecule has 0 aliphatic carbocycles. The molecule has 0 unspecified atom stereocenters. The molecule has 0 nitrogen and oxygen atoms in total. The summed E-state index contributed by atoms with van der Waals surface area (Å²) in [6.07, 6.45) is 0. The van der Waals surface area contributed by atoms with Gasteiger partial charge in [-0.15, -0.1) is 0 Å². The van der Waals surface area contributed by atoms with Gasteiger partial charge in [-0.1, -0.05) is 0 Å². The van der Waals surface area contributed by atoms with Crippen molar-refractivity contribution in [2.24, 2.45) is 0 Å². The third kappa shape index (κ3) is 34.6. The number of hydrogen-bond donors (Lipinski definition) is 0. The Hall–Kier alpha value is 2.20.